The minimum Gasteiger partial charge on any atom is -0.508 e. The number of carbonyl (C=O) groups excluding carboxylic acids is 3. The Labute approximate surface area is 287 Å². The lowest BCUT2D eigenvalue weighted by Crippen LogP contribution is -2.58. The number of benzene rings is 3. The maximum atomic E-state index is 14.0. The van der Waals surface area contributed by atoms with Crippen LogP contribution in [-0.4, -0.2) is 80.0 Å². The smallest absolute Gasteiger partial charge is 0.326 e. The van der Waals surface area contributed by atoms with Crippen LogP contribution in [0.5, 0.6) is 5.75 Å². The Balaban J connectivity index is 1.41. The first kappa shape index (κ1) is 35.0. The zero-order valence-corrected chi connectivity index (χ0v) is 27.8. The zero-order chi connectivity index (χ0) is 34.9. The van der Waals surface area contributed by atoms with E-state index in [0.29, 0.717) is 17.7 Å². The van der Waals surface area contributed by atoms with E-state index in [0.717, 1.165) is 32.9 Å². The number of hydrogen-bond acceptors (Lipinski definition) is 7. The number of H-pyrrole nitrogens is 2. The lowest BCUT2D eigenvalue weighted by molar-refractivity contribution is -0.142. The molecule has 0 radical (unpaired) electrons. The minimum absolute atomic E-state index is 0.00626. The van der Waals surface area contributed by atoms with Gasteiger partial charge in [0.1, 0.15) is 23.9 Å². The molecule has 0 bridgehead atoms. The van der Waals surface area contributed by atoms with E-state index in [4.69, 9.17) is 5.73 Å². The molecule has 0 aliphatic carbocycles. The van der Waals surface area contributed by atoms with Gasteiger partial charge in [-0.1, -0.05) is 48.5 Å². The average molecular weight is 685 g/mol. The number of hydrogen-bond donors (Lipinski definition) is 8. The summed E-state index contributed by atoms with van der Waals surface area (Å²) in [6.45, 7) is 0. The molecule has 3 amide bonds. The number of thioether (sulfide) groups is 1. The Morgan fingerprint density at radius 3 is 1.76 bits per heavy atom. The third-order valence-electron chi connectivity index (χ3n) is 8.42. The molecule has 13 heteroatoms. The van der Waals surface area contributed by atoms with Gasteiger partial charge >= 0.3 is 5.97 Å². The molecule has 0 aliphatic rings. The van der Waals surface area contributed by atoms with Crippen molar-refractivity contribution >= 4 is 57.3 Å². The molecule has 0 spiro atoms. The van der Waals surface area contributed by atoms with Crippen molar-refractivity contribution in [1.29, 1.82) is 0 Å². The molecule has 0 fully saturated rings. The number of aromatic hydroxyl groups is 1. The number of nitrogens with one attached hydrogen (secondary N) is 5. The zero-order valence-electron chi connectivity index (χ0n) is 26.9. The Morgan fingerprint density at radius 2 is 1.20 bits per heavy atom. The van der Waals surface area contributed by atoms with Crippen LogP contribution >= 0.6 is 11.8 Å². The fourth-order valence-corrected chi connectivity index (χ4v) is 6.22. The molecular formula is C36H40N6O6S. The summed E-state index contributed by atoms with van der Waals surface area (Å²) < 4.78 is 0. The van der Waals surface area contributed by atoms with E-state index >= 15 is 0 Å². The highest BCUT2D eigenvalue weighted by Crippen LogP contribution is 2.21. The number of carbonyl (C=O) groups is 4. The predicted octanol–water partition coefficient (Wildman–Crippen LogP) is 3.00. The molecule has 0 saturated heterocycles. The average Bonchev–Trinajstić information content (AvgIpc) is 3.70. The molecule has 0 aliphatic heterocycles. The van der Waals surface area contributed by atoms with E-state index in [1.807, 2.05) is 54.8 Å². The van der Waals surface area contributed by atoms with Gasteiger partial charge in [0.2, 0.25) is 17.7 Å². The highest BCUT2D eigenvalue weighted by molar-refractivity contribution is 7.98. The molecule has 256 valence electrons. The number of aliphatic carboxylic acids is 1. The van der Waals surface area contributed by atoms with Gasteiger partial charge in [-0.2, -0.15) is 11.8 Å². The van der Waals surface area contributed by atoms with Gasteiger partial charge < -0.3 is 41.9 Å². The molecule has 5 rings (SSSR count). The number of rotatable bonds is 16. The first-order valence-corrected chi connectivity index (χ1v) is 17.3. The van der Waals surface area contributed by atoms with E-state index in [-0.39, 0.29) is 25.0 Å². The van der Waals surface area contributed by atoms with Crippen LogP contribution in [0.1, 0.15) is 23.1 Å². The highest BCUT2D eigenvalue weighted by Gasteiger charge is 2.31. The third-order valence-corrected chi connectivity index (χ3v) is 9.07. The van der Waals surface area contributed by atoms with Crippen LogP contribution in [0.25, 0.3) is 21.8 Å². The Hall–Kier alpha value is -5.27. The Kier molecular flexibility index (Phi) is 11.6. The largest absolute Gasteiger partial charge is 0.508 e. The number of nitrogens with two attached hydrogens (primary N) is 1. The molecular weight excluding hydrogens is 644 g/mol. The van der Waals surface area contributed by atoms with Gasteiger partial charge in [-0.15, -0.1) is 0 Å². The summed E-state index contributed by atoms with van der Waals surface area (Å²) in [4.78, 5) is 59.8. The number of carboxylic acid groups (broad SMARTS) is 1. The van der Waals surface area contributed by atoms with Gasteiger partial charge in [0.05, 0.1) is 6.04 Å². The molecule has 4 atom stereocenters. The Morgan fingerprint density at radius 1 is 0.714 bits per heavy atom. The number of para-hydroxylation sites is 2. The van der Waals surface area contributed by atoms with Gasteiger partial charge in [0, 0.05) is 53.5 Å². The highest BCUT2D eigenvalue weighted by atomic mass is 32.2. The number of aromatic nitrogens is 2. The lowest BCUT2D eigenvalue weighted by atomic mass is 10.0. The van der Waals surface area contributed by atoms with Crippen LogP contribution in [-0.2, 0) is 38.4 Å². The topological polar surface area (TPSA) is 202 Å². The van der Waals surface area contributed by atoms with Crippen LogP contribution in [0, 0.1) is 0 Å². The van der Waals surface area contributed by atoms with Crippen LogP contribution < -0.4 is 21.7 Å². The van der Waals surface area contributed by atoms with Crippen LogP contribution in [0.3, 0.4) is 0 Å². The molecule has 2 heterocycles. The van der Waals surface area contributed by atoms with E-state index in [1.54, 1.807) is 36.3 Å². The maximum Gasteiger partial charge on any atom is 0.326 e. The number of fused-ring (bicyclic) bond motifs is 2. The second-order valence-corrected chi connectivity index (χ2v) is 12.9. The number of phenols is 1. The summed E-state index contributed by atoms with van der Waals surface area (Å²) in [7, 11) is 0. The van der Waals surface area contributed by atoms with Crippen molar-refractivity contribution in [3.63, 3.8) is 0 Å². The van der Waals surface area contributed by atoms with E-state index < -0.39 is 47.9 Å². The standard InChI is InChI=1S/C36H40N6O6S/c1-49-15-14-27(37)33(44)40-30(16-21-10-12-24(43)13-11-21)34(45)41-31(17-22-19-38-28-8-4-2-6-25(22)28)35(46)42-32(36(47)48)18-23-20-39-29-9-5-3-7-26(23)29/h2-13,19-20,27,30-32,38-39,43H,14-18,37H2,1H3,(H,40,44)(H,41,45)(H,42,46)(H,47,48). The molecule has 9 N–H and O–H groups in total. The van der Waals surface area contributed by atoms with Crippen LogP contribution in [0.2, 0.25) is 0 Å². The summed E-state index contributed by atoms with van der Waals surface area (Å²) >= 11 is 1.54. The quantitative estimate of drug-likeness (QED) is 0.0775. The monoisotopic (exact) mass is 684 g/mol. The predicted molar refractivity (Wildman–Crippen MR) is 190 cm³/mol. The molecule has 0 saturated carbocycles. The maximum absolute atomic E-state index is 14.0. The summed E-state index contributed by atoms with van der Waals surface area (Å²) in [6, 6.07) is 16.7. The van der Waals surface area contributed by atoms with E-state index in [9.17, 15) is 29.4 Å². The van der Waals surface area contributed by atoms with E-state index in [2.05, 4.69) is 25.9 Å². The summed E-state index contributed by atoms with van der Waals surface area (Å²) in [5.74, 6) is -2.40. The fourth-order valence-electron chi connectivity index (χ4n) is 5.73. The number of amides is 3. The Bertz CT molecular complexity index is 1920. The van der Waals surface area contributed by atoms with Crippen molar-refractivity contribution in [2.24, 2.45) is 5.73 Å². The van der Waals surface area contributed by atoms with Gasteiger partial charge in [-0.25, -0.2) is 4.79 Å². The summed E-state index contributed by atoms with van der Waals surface area (Å²) in [5.41, 5.74) is 9.89. The summed E-state index contributed by atoms with van der Waals surface area (Å²) in [6.07, 6.45) is 5.86. The lowest BCUT2D eigenvalue weighted by Gasteiger charge is -2.25. The van der Waals surface area contributed by atoms with Crippen LogP contribution in [0.4, 0.5) is 0 Å². The van der Waals surface area contributed by atoms with Gasteiger partial charge in [-0.05, 0) is 59.4 Å². The van der Waals surface area contributed by atoms with Crippen molar-refractivity contribution in [3.8, 4) is 5.75 Å². The molecule has 3 aromatic carbocycles. The summed E-state index contributed by atoms with van der Waals surface area (Å²) in [5, 5.41) is 29.8. The minimum atomic E-state index is -1.30. The SMILES string of the molecule is CSCCC(N)C(=O)NC(Cc1ccc(O)cc1)C(=O)NC(Cc1c[nH]c2ccccc12)C(=O)NC(Cc1c[nH]c2ccccc12)C(=O)O. The molecule has 49 heavy (non-hydrogen) atoms. The fraction of sp³-hybridized carbons (Fsp3) is 0.278. The van der Waals surface area contributed by atoms with Crippen molar-refractivity contribution < 1.29 is 29.4 Å². The first-order valence-electron chi connectivity index (χ1n) is 15.9. The number of carboxylic acids is 1. The molecule has 2 aromatic heterocycles. The van der Waals surface area contributed by atoms with Crippen molar-refractivity contribution in [1.82, 2.24) is 25.9 Å². The molecule has 12 nitrogen and oxygen atoms in total. The van der Waals surface area contributed by atoms with Gasteiger partial charge in [0.25, 0.3) is 0 Å². The number of phenolic OH excluding ortho intramolecular Hbond substituents is 1. The van der Waals surface area contributed by atoms with Crippen LogP contribution in [0.15, 0.2) is 85.2 Å². The van der Waals surface area contributed by atoms with Crippen molar-refractivity contribution in [3.05, 3.63) is 102 Å². The van der Waals surface area contributed by atoms with Crippen molar-refractivity contribution in [2.45, 2.75) is 49.9 Å². The number of aromatic amines is 2. The van der Waals surface area contributed by atoms with Crippen molar-refractivity contribution in [2.75, 3.05) is 12.0 Å². The van der Waals surface area contributed by atoms with Gasteiger partial charge in [-0.3, -0.25) is 14.4 Å². The third kappa shape index (κ3) is 9.00. The first-order chi connectivity index (χ1) is 23.6. The molecule has 5 aromatic rings. The van der Waals surface area contributed by atoms with E-state index in [1.165, 1.54) is 12.1 Å². The van der Waals surface area contributed by atoms with Gasteiger partial charge in [0.15, 0.2) is 0 Å². The molecule has 4 unspecified atom stereocenters. The normalized spacial score (nSPS) is 13.8. The second kappa shape index (κ2) is 16.2. The second-order valence-electron chi connectivity index (χ2n) is 11.9.